The molecule has 2 N–H and O–H groups in total. The van der Waals surface area contributed by atoms with Gasteiger partial charge in [0.2, 0.25) is 0 Å². The number of rotatable bonds is 0. The quantitative estimate of drug-likeness (QED) is 0.537. The summed E-state index contributed by atoms with van der Waals surface area (Å²) >= 11 is 0. The number of H-pyrrole nitrogens is 2. The average molecular weight is 184 g/mol. The lowest BCUT2D eigenvalue weighted by Crippen LogP contribution is -1.72. The summed E-state index contributed by atoms with van der Waals surface area (Å²) < 4.78 is 0. The molecule has 0 bridgehead atoms. The van der Waals surface area contributed by atoms with E-state index in [0.717, 1.165) is 0 Å². The van der Waals surface area contributed by atoms with Gasteiger partial charge in [-0.3, -0.25) is 0 Å². The smallest absolute Gasteiger partial charge is 0.0464 e. The first-order valence-corrected chi connectivity index (χ1v) is 4.81. The molecule has 14 heavy (non-hydrogen) atoms. The molecule has 2 heteroatoms. The first-order valence-electron chi connectivity index (χ1n) is 4.81. The maximum Gasteiger partial charge on any atom is 0.0464 e. The molecular formula is C12H12N2. The van der Waals surface area contributed by atoms with Crippen molar-refractivity contribution in [3.63, 3.8) is 0 Å². The molecule has 2 aromatic heterocycles. The standard InChI is InChI=1S/C12H12N2/c1-7-5-13-11-4-10-8(2)6-14-12(10)3-9(7)11/h3-6,13-14H,1-2H3. The van der Waals surface area contributed by atoms with E-state index < -0.39 is 0 Å². The second kappa shape index (κ2) is 2.41. The van der Waals surface area contributed by atoms with Gasteiger partial charge in [0.05, 0.1) is 0 Å². The van der Waals surface area contributed by atoms with Crippen LogP contribution < -0.4 is 0 Å². The highest BCUT2D eigenvalue weighted by molar-refractivity contribution is 5.98. The third-order valence-corrected chi connectivity index (χ3v) is 2.90. The fraction of sp³-hybridized carbons (Fsp3) is 0.167. The van der Waals surface area contributed by atoms with Gasteiger partial charge in [0, 0.05) is 34.2 Å². The lowest BCUT2D eigenvalue weighted by molar-refractivity contribution is 1.42. The van der Waals surface area contributed by atoms with Crippen molar-refractivity contribution in [1.82, 2.24) is 9.97 Å². The van der Waals surface area contributed by atoms with Crippen molar-refractivity contribution < 1.29 is 0 Å². The van der Waals surface area contributed by atoms with Crippen molar-refractivity contribution in [2.45, 2.75) is 13.8 Å². The number of aromatic nitrogens is 2. The minimum absolute atomic E-state index is 1.22. The monoisotopic (exact) mass is 184 g/mol. The summed E-state index contributed by atoms with van der Waals surface area (Å²) in [7, 11) is 0. The molecule has 0 radical (unpaired) electrons. The zero-order valence-electron chi connectivity index (χ0n) is 8.31. The van der Waals surface area contributed by atoms with Gasteiger partial charge < -0.3 is 9.97 Å². The number of hydrogen-bond donors (Lipinski definition) is 2. The molecule has 0 amide bonds. The normalized spacial score (nSPS) is 11.6. The Balaban J connectivity index is 2.56. The molecule has 1 aromatic carbocycles. The Morgan fingerprint density at radius 1 is 0.786 bits per heavy atom. The van der Waals surface area contributed by atoms with Gasteiger partial charge in [-0.15, -0.1) is 0 Å². The van der Waals surface area contributed by atoms with Crippen LogP contribution in [0.4, 0.5) is 0 Å². The molecule has 3 aromatic rings. The fourth-order valence-electron chi connectivity index (χ4n) is 2.02. The minimum Gasteiger partial charge on any atom is -0.361 e. The number of aryl methyl sites for hydroxylation is 2. The molecule has 0 fully saturated rings. The Morgan fingerprint density at radius 3 is 1.64 bits per heavy atom. The van der Waals surface area contributed by atoms with Gasteiger partial charge in [-0.05, 0) is 37.1 Å². The highest BCUT2D eigenvalue weighted by Gasteiger charge is 2.04. The zero-order chi connectivity index (χ0) is 9.71. The number of hydrogen-bond acceptors (Lipinski definition) is 0. The Labute approximate surface area is 81.9 Å². The van der Waals surface area contributed by atoms with Crippen molar-refractivity contribution in [1.29, 1.82) is 0 Å². The summed E-state index contributed by atoms with van der Waals surface area (Å²) in [5.41, 5.74) is 5.04. The Bertz CT molecular complexity index is 557. The number of aromatic amines is 2. The first-order chi connectivity index (χ1) is 6.75. The SMILES string of the molecule is Cc1c[nH]c2cc3c(C)c[nH]c3cc12. The van der Waals surface area contributed by atoms with Gasteiger partial charge in [-0.2, -0.15) is 0 Å². The minimum atomic E-state index is 1.22. The summed E-state index contributed by atoms with van der Waals surface area (Å²) in [5, 5.41) is 2.61. The van der Waals surface area contributed by atoms with Crippen LogP contribution in [0.25, 0.3) is 21.8 Å². The third kappa shape index (κ3) is 0.854. The Morgan fingerprint density at radius 2 is 1.21 bits per heavy atom. The average Bonchev–Trinajstić information content (AvgIpc) is 2.71. The fourth-order valence-corrected chi connectivity index (χ4v) is 2.02. The molecular weight excluding hydrogens is 172 g/mol. The first kappa shape index (κ1) is 7.68. The number of benzene rings is 1. The second-order valence-electron chi connectivity index (χ2n) is 3.89. The third-order valence-electron chi connectivity index (χ3n) is 2.90. The van der Waals surface area contributed by atoms with Crippen molar-refractivity contribution in [2.24, 2.45) is 0 Å². The largest absolute Gasteiger partial charge is 0.361 e. The Hall–Kier alpha value is -1.70. The predicted molar refractivity (Wildman–Crippen MR) is 59.6 cm³/mol. The van der Waals surface area contributed by atoms with E-state index in [4.69, 9.17) is 0 Å². The van der Waals surface area contributed by atoms with Crippen molar-refractivity contribution in [2.75, 3.05) is 0 Å². The van der Waals surface area contributed by atoms with Gasteiger partial charge in [0.15, 0.2) is 0 Å². The van der Waals surface area contributed by atoms with E-state index in [0.29, 0.717) is 0 Å². The van der Waals surface area contributed by atoms with E-state index in [2.05, 4.69) is 48.3 Å². The van der Waals surface area contributed by atoms with Crippen LogP contribution in [0.5, 0.6) is 0 Å². The van der Waals surface area contributed by atoms with Crippen LogP contribution >= 0.6 is 0 Å². The second-order valence-corrected chi connectivity index (χ2v) is 3.89. The van der Waals surface area contributed by atoms with Crippen LogP contribution in [0, 0.1) is 13.8 Å². The van der Waals surface area contributed by atoms with Gasteiger partial charge >= 0.3 is 0 Å². The summed E-state index contributed by atoms with van der Waals surface area (Å²) in [6.45, 7) is 4.25. The van der Waals surface area contributed by atoms with Crippen LogP contribution in [0.3, 0.4) is 0 Å². The van der Waals surface area contributed by atoms with E-state index in [1.165, 1.54) is 32.9 Å². The molecule has 0 saturated heterocycles. The van der Waals surface area contributed by atoms with Crippen molar-refractivity contribution in [3.05, 3.63) is 35.7 Å². The van der Waals surface area contributed by atoms with E-state index in [1.54, 1.807) is 0 Å². The van der Waals surface area contributed by atoms with Crippen LogP contribution in [-0.4, -0.2) is 9.97 Å². The lowest BCUT2D eigenvalue weighted by Gasteiger charge is -1.94. The molecule has 70 valence electrons. The summed E-state index contributed by atoms with van der Waals surface area (Å²) in [5.74, 6) is 0. The number of nitrogens with one attached hydrogen (secondary N) is 2. The molecule has 2 heterocycles. The zero-order valence-corrected chi connectivity index (χ0v) is 8.31. The maximum atomic E-state index is 3.28. The molecule has 0 aliphatic carbocycles. The number of fused-ring (bicyclic) bond motifs is 2. The van der Waals surface area contributed by atoms with Crippen LogP contribution in [0.1, 0.15) is 11.1 Å². The van der Waals surface area contributed by atoms with Gasteiger partial charge in [-0.1, -0.05) is 0 Å². The van der Waals surface area contributed by atoms with Crippen LogP contribution in [0.2, 0.25) is 0 Å². The summed E-state index contributed by atoms with van der Waals surface area (Å²) in [6, 6.07) is 4.42. The van der Waals surface area contributed by atoms with Crippen molar-refractivity contribution in [3.8, 4) is 0 Å². The molecule has 0 unspecified atom stereocenters. The van der Waals surface area contributed by atoms with E-state index in [1.807, 2.05) is 0 Å². The molecule has 2 nitrogen and oxygen atoms in total. The van der Waals surface area contributed by atoms with E-state index >= 15 is 0 Å². The molecule has 0 aliphatic rings. The topological polar surface area (TPSA) is 31.6 Å². The molecule has 3 rings (SSSR count). The van der Waals surface area contributed by atoms with Gasteiger partial charge in [-0.25, -0.2) is 0 Å². The molecule has 0 saturated carbocycles. The van der Waals surface area contributed by atoms with Gasteiger partial charge in [0.25, 0.3) is 0 Å². The molecule has 0 aliphatic heterocycles. The summed E-state index contributed by atoms with van der Waals surface area (Å²) in [4.78, 5) is 6.57. The Kier molecular flexibility index (Phi) is 1.32. The van der Waals surface area contributed by atoms with E-state index in [-0.39, 0.29) is 0 Å². The lowest BCUT2D eigenvalue weighted by atomic mass is 10.1. The van der Waals surface area contributed by atoms with Crippen molar-refractivity contribution >= 4 is 21.8 Å². The van der Waals surface area contributed by atoms with Crippen LogP contribution in [-0.2, 0) is 0 Å². The summed E-state index contributed by atoms with van der Waals surface area (Å²) in [6.07, 6.45) is 4.11. The van der Waals surface area contributed by atoms with Crippen LogP contribution in [0.15, 0.2) is 24.5 Å². The molecule has 0 spiro atoms. The predicted octanol–water partition coefficient (Wildman–Crippen LogP) is 3.27. The molecule has 0 atom stereocenters. The van der Waals surface area contributed by atoms with E-state index in [9.17, 15) is 0 Å². The van der Waals surface area contributed by atoms with Gasteiger partial charge in [0.1, 0.15) is 0 Å². The highest BCUT2D eigenvalue weighted by Crippen LogP contribution is 2.25. The maximum absolute atomic E-state index is 3.28. The highest BCUT2D eigenvalue weighted by atomic mass is 14.7.